The van der Waals surface area contributed by atoms with Gasteiger partial charge in [0.05, 0.1) is 17.8 Å². The molecule has 23 heavy (non-hydrogen) atoms. The van der Waals surface area contributed by atoms with Crippen molar-refractivity contribution in [3.05, 3.63) is 53.4 Å². The number of rotatable bonds is 4. The molecule has 1 aliphatic carbocycles. The van der Waals surface area contributed by atoms with E-state index in [1.165, 1.54) is 0 Å². The number of hydrogen-bond acceptors (Lipinski definition) is 5. The minimum atomic E-state index is -0.286. The molecule has 1 saturated carbocycles. The largest absolute Gasteiger partial charge is 0.393 e. The predicted octanol–water partition coefficient (Wildman–Crippen LogP) is 1.73. The van der Waals surface area contributed by atoms with E-state index in [1.807, 2.05) is 25.1 Å². The lowest BCUT2D eigenvalue weighted by atomic mass is 9.76. The molecule has 0 aliphatic heterocycles. The summed E-state index contributed by atoms with van der Waals surface area (Å²) in [4.78, 5) is 25.3. The number of pyridine rings is 1. The van der Waals surface area contributed by atoms with Crippen LogP contribution in [0.2, 0.25) is 0 Å². The van der Waals surface area contributed by atoms with Crippen LogP contribution in [-0.2, 0) is 0 Å². The molecule has 6 nitrogen and oxygen atoms in total. The Balaban J connectivity index is 1.82. The summed E-state index contributed by atoms with van der Waals surface area (Å²) in [5, 5.41) is 12.6. The number of aryl methyl sites for hydroxylation is 2. The third kappa shape index (κ3) is 3.53. The fraction of sp³-hybridized carbons (Fsp3) is 0.412. The van der Waals surface area contributed by atoms with Gasteiger partial charge in [0.25, 0.3) is 5.91 Å². The topological polar surface area (TPSA) is 88.0 Å². The van der Waals surface area contributed by atoms with E-state index in [1.54, 1.807) is 19.2 Å². The first-order chi connectivity index (χ1) is 11.0. The standard InChI is InChI=1S/C17H20N4O2/c1-10-7-15(20-11(2)19-10)17(23)21-16(12-8-13(22)9-12)14-5-3-4-6-18-14/h3-7,12-13,16,22H,8-9H2,1-2H3,(H,21,23)/t12?,13?,16-/m1/s1. The van der Waals surface area contributed by atoms with Crippen molar-refractivity contribution in [2.75, 3.05) is 0 Å². The lowest BCUT2D eigenvalue weighted by molar-refractivity contribution is 0.0227. The van der Waals surface area contributed by atoms with Gasteiger partial charge >= 0.3 is 0 Å². The average Bonchev–Trinajstić information content (AvgIpc) is 2.49. The maximum absolute atomic E-state index is 12.6. The summed E-state index contributed by atoms with van der Waals surface area (Å²) in [6.45, 7) is 3.60. The highest BCUT2D eigenvalue weighted by Gasteiger charge is 2.36. The predicted molar refractivity (Wildman–Crippen MR) is 84.7 cm³/mol. The van der Waals surface area contributed by atoms with Gasteiger partial charge in [-0.1, -0.05) is 6.07 Å². The van der Waals surface area contributed by atoms with Gasteiger partial charge in [-0.2, -0.15) is 0 Å². The summed E-state index contributed by atoms with van der Waals surface area (Å²) in [7, 11) is 0. The SMILES string of the molecule is Cc1cc(C(=O)N[C@@H](c2ccccn2)C2CC(O)C2)nc(C)n1. The van der Waals surface area contributed by atoms with Gasteiger partial charge in [0.2, 0.25) is 0 Å². The first kappa shape index (κ1) is 15.6. The van der Waals surface area contributed by atoms with E-state index in [0.29, 0.717) is 24.4 Å². The highest BCUT2D eigenvalue weighted by atomic mass is 16.3. The number of amides is 1. The third-order valence-corrected chi connectivity index (χ3v) is 4.11. The minimum Gasteiger partial charge on any atom is -0.393 e. The highest BCUT2D eigenvalue weighted by Crippen LogP contribution is 2.37. The van der Waals surface area contributed by atoms with Crippen LogP contribution in [0.5, 0.6) is 0 Å². The van der Waals surface area contributed by atoms with E-state index in [9.17, 15) is 9.90 Å². The Kier molecular flexibility index (Phi) is 4.34. The summed E-state index contributed by atoms with van der Waals surface area (Å²) >= 11 is 0. The van der Waals surface area contributed by atoms with E-state index >= 15 is 0 Å². The Labute approximate surface area is 135 Å². The van der Waals surface area contributed by atoms with E-state index in [0.717, 1.165) is 11.4 Å². The molecule has 2 heterocycles. The number of carbonyl (C=O) groups excluding carboxylic acids is 1. The second-order valence-corrected chi connectivity index (χ2v) is 6.03. The van der Waals surface area contributed by atoms with Crippen molar-refractivity contribution in [3.8, 4) is 0 Å². The molecular formula is C17H20N4O2. The average molecular weight is 312 g/mol. The van der Waals surface area contributed by atoms with Crippen LogP contribution in [0.3, 0.4) is 0 Å². The van der Waals surface area contributed by atoms with Gasteiger partial charge in [0.1, 0.15) is 11.5 Å². The number of nitrogens with zero attached hydrogens (tertiary/aromatic N) is 3. The molecule has 0 bridgehead atoms. The van der Waals surface area contributed by atoms with Gasteiger partial charge < -0.3 is 10.4 Å². The Morgan fingerprint density at radius 1 is 1.30 bits per heavy atom. The van der Waals surface area contributed by atoms with E-state index in [4.69, 9.17) is 0 Å². The Morgan fingerprint density at radius 3 is 2.70 bits per heavy atom. The molecule has 2 aromatic heterocycles. The van der Waals surface area contributed by atoms with Crippen molar-refractivity contribution in [3.63, 3.8) is 0 Å². The van der Waals surface area contributed by atoms with Gasteiger partial charge in [0.15, 0.2) is 0 Å². The smallest absolute Gasteiger partial charge is 0.270 e. The van der Waals surface area contributed by atoms with Crippen LogP contribution in [0.4, 0.5) is 0 Å². The normalized spacial score (nSPS) is 21.3. The van der Waals surface area contributed by atoms with Crippen LogP contribution in [0, 0.1) is 19.8 Å². The van der Waals surface area contributed by atoms with Gasteiger partial charge in [-0.25, -0.2) is 9.97 Å². The molecule has 1 atom stereocenters. The first-order valence-electron chi connectivity index (χ1n) is 7.75. The molecule has 120 valence electrons. The second-order valence-electron chi connectivity index (χ2n) is 6.03. The van der Waals surface area contributed by atoms with Crippen LogP contribution < -0.4 is 5.32 Å². The zero-order valence-corrected chi connectivity index (χ0v) is 13.2. The number of aliphatic hydroxyl groups excluding tert-OH is 1. The monoisotopic (exact) mass is 312 g/mol. The summed E-state index contributed by atoms with van der Waals surface area (Å²) in [6, 6.07) is 7.09. The van der Waals surface area contributed by atoms with Crippen LogP contribution in [0.1, 0.15) is 46.6 Å². The van der Waals surface area contributed by atoms with E-state index in [2.05, 4.69) is 20.3 Å². The Morgan fingerprint density at radius 2 is 2.09 bits per heavy atom. The van der Waals surface area contributed by atoms with Gasteiger partial charge in [-0.3, -0.25) is 9.78 Å². The quantitative estimate of drug-likeness (QED) is 0.897. The van der Waals surface area contributed by atoms with E-state index < -0.39 is 0 Å². The number of carbonyl (C=O) groups is 1. The number of nitrogens with one attached hydrogen (secondary N) is 1. The molecule has 2 aromatic rings. The molecule has 0 spiro atoms. The number of aromatic nitrogens is 3. The van der Waals surface area contributed by atoms with Gasteiger partial charge in [-0.15, -0.1) is 0 Å². The number of hydrogen-bond donors (Lipinski definition) is 2. The zero-order valence-electron chi connectivity index (χ0n) is 13.2. The molecule has 6 heteroatoms. The molecule has 2 N–H and O–H groups in total. The lowest BCUT2D eigenvalue weighted by Crippen LogP contribution is -2.42. The molecular weight excluding hydrogens is 292 g/mol. The van der Waals surface area contributed by atoms with Crippen LogP contribution >= 0.6 is 0 Å². The van der Waals surface area contributed by atoms with E-state index in [-0.39, 0.29) is 24.0 Å². The summed E-state index contributed by atoms with van der Waals surface area (Å²) < 4.78 is 0. The summed E-state index contributed by atoms with van der Waals surface area (Å²) in [6.07, 6.45) is 2.77. The molecule has 1 aliphatic rings. The molecule has 3 rings (SSSR count). The van der Waals surface area contributed by atoms with Crippen LogP contribution in [0.15, 0.2) is 30.5 Å². The van der Waals surface area contributed by atoms with Crippen molar-refractivity contribution in [2.45, 2.75) is 38.8 Å². The van der Waals surface area contributed by atoms with Crippen LogP contribution in [-0.4, -0.2) is 32.1 Å². The van der Waals surface area contributed by atoms with Crippen molar-refractivity contribution in [1.82, 2.24) is 20.3 Å². The Hall–Kier alpha value is -2.34. The summed E-state index contributed by atoms with van der Waals surface area (Å²) in [5.41, 5.74) is 1.92. The van der Waals surface area contributed by atoms with Crippen molar-refractivity contribution >= 4 is 5.91 Å². The van der Waals surface area contributed by atoms with Gasteiger partial charge in [-0.05, 0) is 50.8 Å². The van der Waals surface area contributed by atoms with Crippen molar-refractivity contribution < 1.29 is 9.90 Å². The Bertz CT molecular complexity index is 679. The third-order valence-electron chi connectivity index (χ3n) is 4.11. The van der Waals surface area contributed by atoms with Crippen molar-refractivity contribution in [2.24, 2.45) is 5.92 Å². The minimum absolute atomic E-state index is 0.188. The van der Waals surface area contributed by atoms with Crippen LogP contribution in [0.25, 0.3) is 0 Å². The first-order valence-corrected chi connectivity index (χ1v) is 7.75. The van der Waals surface area contributed by atoms with Crippen molar-refractivity contribution in [1.29, 1.82) is 0 Å². The molecule has 0 unspecified atom stereocenters. The number of aliphatic hydroxyl groups is 1. The lowest BCUT2D eigenvalue weighted by Gasteiger charge is -2.37. The summed E-state index contributed by atoms with van der Waals surface area (Å²) in [5.74, 6) is 0.520. The maximum atomic E-state index is 12.6. The molecule has 0 aromatic carbocycles. The zero-order chi connectivity index (χ0) is 16.4. The molecule has 1 amide bonds. The van der Waals surface area contributed by atoms with Gasteiger partial charge in [0, 0.05) is 11.9 Å². The second kappa shape index (κ2) is 6.42. The highest BCUT2D eigenvalue weighted by molar-refractivity contribution is 5.92. The fourth-order valence-electron chi connectivity index (χ4n) is 2.94. The molecule has 0 saturated heterocycles. The maximum Gasteiger partial charge on any atom is 0.270 e. The molecule has 0 radical (unpaired) electrons. The fourth-order valence-corrected chi connectivity index (χ4v) is 2.94. The molecule has 1 fully saturated rings.